The first-order valence-electron chi connectivity index (χ1n) is 9.08. The van der Waals surface area contributed by atoms with Gasteiger partial charge < -0.3 is 5.11 Å². The van der Waals surface area contributed by atoms with E-state index < -0.39 is 5.97 Å². The van der Waals surface area contributed by atoms with E-state index >= 15 is 0 Å². The monoisotopic (exact) mass is 326 g/mol. The average Bonchev–Trinajstić information content (AvgIpc) is 3.30. The Morgan fingerprint density at radius 1 is 1.17 bits per heavy atom. The summed E-state index contributed by atoms with van der Waals surface area (Å²) in [6, 6.07) is 0. The predicted octanol–water partition coefficient (Wildman–Crippen LogP) is 5.99. The minimum atomic E-state index is -0.901. The lowest BCUT2D eigenvalue weighted by Crippen LogP contribution is -2.10. The van der Waals surface area contributed by atoms with Gasteiger partial charge in [-0.2, -0.15) is 0 Å². The van der Waals surface area contributed by atoms with Crippen LogP contribution in [-0.2, 0) is 4.79 Å². The quantitative estimate of drug-likeness (QED) is 0.480. The molecule has 1 saturated carbocycles. The molecule has 1 N–H and O–H groups in total. The fourth-order valence-corrected chi connectivity index (χ4v) is 3.61. The third-order valence-corrected chi connectivity index (χ3v) is 4.70. The van der Waals surface area contributed by atoms with Gasteiger partial charge in [0.25, 0.3) is 0 Å². The van der Waals surface area contributed by atoms with Crippen molar-refractivity contribution in [1.82, 2.24) is 0 Å². The van der Waals surface area contributed by atoms with E-state index in [1.54, 1.807) is 18.1 Å². The van der Waals surface area contributed by atoms with Crippen LogP contribution in [0.25, 0.3) is 0 Å². The normalized spacial score (nSPS) is 22.1. The van der Waals surface area contributed by atoms with Gasteiger partial charge in [-0.25, -0.2) is 4.79 Å². The van der Waals surface area contributed by atoms with Crippen LogP contribution >= 0.6 is 0 Å². The highest BCUT2D eigenvalue weighted by Gasteiger charge is 2.31. The van der Waals surface area contributed by atoms with Crippen LogP contribution in [0.1, 0.15) is 59.8 Å². The zero-order valence-corrected chi connectivity index (χ0v) is 15.4. The zero-order valence-electron chi connectivity index (χ0n) is 15.4. The van der Waals surface area contributed by atoms with Crippen molar-refractivity contribution in [2.24, 2.45) is 11.8 Å². The Bertz CT molecular complexity index is 635. The summed E-state index contributed by atoms with van der Waals surface area (Å²) in [5.74, 6) is 0.553. The summed E-state index contributed by atoms with van der Waals surface area (Å²) in [6.45, 7) is 8.55. The summed E-state index contributed by atoms with van der Waals surface area (Å²) < 4.78 is 0. The minimum Gasteiger partial charge on any atom is -0.478 e. The molecule has 2 heteroatoms. The van der Waals surface area contributed by atoms with Crippen molar-refractivity contribution in [3.8, 4) is 0 Å². The number of aliphatic carboxylic acids is 1. The number of carbonyl (C=O) groups is 1. The zero-order chi connectivity index (χ0) is 17.7. The Kier molecular flexibility index (Phi) is 6.42. The van der Waals surface area contributed by atoms with Gasteiger partial charge in [-0.05, 0) is 74.5 Å². The third kappa shape index (κ3) is 5.36. The van der Waals surface area contributed by atoms with Gasteiger partial charge in [-0.3, -0.25) is 0 Å². The Balaban J connectivity index is 2.18. The van der Waals surface area contributed by atoms with E-state index in [0.717, 1.165) is 11.5 Å². The highest BCUT2D eigenvalue weighted by atomic mass is 16.4. The number of carboxylic acids is 1. The number of carboxylic acid groups (broad SMARTS) is 1. The topological polar surface area (TPSA) is 37.3 Å². The second kappa shape index (κ2) is 8.32. The van der Waals surface area contributed by atoms with Crippen LogP contribution in [0, 0.1) is 11.8 Å². The van der Waals surface area contributed by atoms with E-state index in [2.05, 4.69) is 32.9 Å². The Morgan fingerprint density at radius 3 is 2.46 bits per heavy atom. The van der Waals surface area contributed by atoms with E-state index in [-0.39, 0.29) is 0 Å². The highest BCUT2D eigenvalue weighted by Crippen LogP contribution is 2.46. The van der Waals surface area contributed by atoms with Gasteiger partial charge in [0.15, 0.2) is 0 Å². The lowest BCUT2D eigenvalue weighted by atomic mass is 9.79. The van der Waals surface area contributed by atoms with Crippen LogP contribution in [-0.4, -0.2) is 11.1 Å². The standard InChI is InChI=1S/C22H30O2/c1-15(2)22-19(9-6-10-20(22)18-11-12-18)13-16(3)7-5-8-17(4)14-21(23)24/h5,7-8,13-15,18H,6,9-12H2,1-4H3,(H,23,24)/b8-5+,16-7-,17-14+,19-13+. The molecule has 0 bridgehead atoms. The number of rotatable bonds is 6. The molecule has 130 valence electrons. The maximum Gasteiger partial charge on any atom is 0.328 e. The summed E-state index contributed by atoms with van der Waals surface area (Å²) in [5.41, 5.74) is 6.82. The Labute approximate surface area is 146 Å². The molecule has 0 aromatic carbocycles. The molecular formula is C22H30O2. The van der Waals surface area contributed by atoms with Gasteiger partial charge in [0, 0.05) is 6.08 Å². The largest absolute Gasteiger partial charge is 0.478 e. The second-order valence-electron chi connectivity index (χ2n) is 7.39. The molecule has 0 aromatic rings. The first-order valence-corrected chi connectivity index (χ1v) is 9.08. The van der Waals surface area contributed by atoms with Crippen LogP contribution in [0.3, 0.4) is 0 Å². The average molecular weight is 326 g/mol. The molecule has 2 aliphatic carbocycles. The number of hydrogen-bond donors (Lipinski definition) is 1. The molecule has 0 atom stereocenters. The van der Waals surface area contributed by atoms with E-state index in [9.17, 15) is 4.79 Å². The van der Waals surface area contributed by atoms with Crippen LogP contribution in [0.4, 0.5) is 0 Å². The van der Waals surface area contributed by atoms with Crippen molar-refractivity contribution >= 4 is 5.97 Å². The van der Waals surface area contributed by atoms with E-state index in [1.165, 1.54) is 49.3 Å². The highest BCUT2D eigenvalue weighted by molar-refractivity contribution is 5.81. The molecule has 0 radical (unpaired) electrons. The molecule has 0 saturated heterocycles. The van der Waals surface area contributed by atoms with Crippen LogP contribution in [0.5, 0.6) is 0 Å². The molecule has 2 aliphatic rings. The van der Waals surface area contributed by atoms with Gasteiger partial charge in [-0.15, -0.1) is 0 Å². The van der Waals surface area contributed by atoms with E-state index in [4.69, 9.17) is 5.11 Å². The van der Waals surface area contributed by atoms with Gasteiger partial charge in [-0.1, -0.05) is 49.3 Å². The molecule has 1 fully saturated rings. The van der Waals surface area contributed by atoms with Crippen molar-refractivity contribution in [2.45, 2.75) is 59.8 Å². The maximum atomic E-state index is 10.6. The maximum absolute atomic E-state index is 10.6. The molecule has 24 heavy (non-hydrogen) atoms. The number of hydrogen-bond acceptors (Lipinski definition) is 1. The molecular weight excluding hydrogens is 296 g/mol. The second-order valence-corrected chi connectivity index (χ2v) is 7.39. The smallest absolute Gasteiger partial charge is 0.328 e. The first-order chi connectivity index (χ1) is 11.4. The lowest BCUT2D eigenvalue weighted by Gasteiger charge is -2.26. The fraction of sp³-hybridized carbons (Fsp3) is 0.500. The summed E-state index contributed by atoms with van der Waals surface area (Å²) in [6.07, 6.45) is 15.9. The van der Waals surface area contributed by atoms with Crippen molar-refractivity contribution < 1.29 is 9.90 Å². The molecule has 2 rings (SSSR count). The Morgan fingerprint density at radius 2 is 1.88 bits per heavy atom. The third-order valence-electron chi connectivity index (χ3n) is 4.70. The lowest BCUT2D eigenvalue weighted by molar-refractivity contribution is -0.131. The van der Waals surface area contributed by atoms with Gasteiger partial charge in [0.05, 0.1) is 0 Å². The van der Waals surface area contributed by atoms with Crippen molar-refractivity contribution in [3.63, 3.8) is 0 Å². The molecule has 0 heterocycles. The Hall–Kier alpha value is -1.83. The van der Waals surface area contributed by atoms with Gasteiger partial charge >= 0.3 is 5.97 Å². The molecule has 2 nitrogen and oxygen atoms in total. The van der Waals surface area contributed by atoms with Gasteiger partial charge in [0.2, 0.25) is 0 Å². The van der Waals surface area contributed by atoms with Crippen molar-refractivity contribution in [2.75, 3.05) is 0 Å². The fourth-order valence-electron chi connectivity index (χ4n) is 3.61. The SMILES string of the molecule is CC(=C/C=C/C(C)=C/C(=O)O)/C=C1\CCCC(C2CC2)=C1C(C)C. The van der Waals surface area contributed by atoms with E-state index in [1.807, 2.05) is 12.2 Å². The van der Waals surface area contributed by atoms with Gasteiger partial charge in [0.1, 0.15) is 0 Å². The molecule has 0 spiro atoms. The molecule has 0 aromatic heterocycles. The van der Waals surface area contributed by atoms with Crippen LogP contribution in [0.15, 0.2) is 58.2 Å². The summed E-state index contributed by atoms with van der Waals surface area (Å²) in [7, 11) is 0. The van der Waals surface area contributed by atoms with Crippen molar-refractivity contribution in [1.29, 1.82) is 0 Å². The molecule has 0 unspecified atom stereocenters. The number of allylic oxidation sites excluding steroid dienone is 9. The van der Waals surface area contributed by atoms with Crippen LogP contribution in [0.2, 0.25) is 0 Å². The van der Waals surface area contributed by atoms with Crippen molar-refractivity contribution in [3.05, 3.63) is 58.2 Å². The summed E-state index contributed by atoms with van der Waals surface area (Å²) in [4.78, 5) is 10.6. The minimum absolute atomic E-state index is 0.594. The predicted molar refractivity (Wildman–Crippen MR) is 101 cm³/mol. The first kappa shape index (κ1) is 18.5. The van der Waals surface area contributed by atoms with Crippen LogP contribution < -0.4 is 0 Å². The summed E-state index contributed by atoms with van der Waals surface area (Å²) in [5, 5.41) is 8.72. The molecule has 0 amide bonds. The van der Waals surface area contributed by atoms with E-state index in [0.29, 0.717) is 5.92 Å². The molecule has 0 aliphatic heterocycles. The summed E-state index contributed by atoms with van der Waals surface area (Å²) >= 11 is 0.